The summed E-state index contributed by atoms with van der Waals surface area (Å²) < 4.78 is 0. The van der Waals surface area contributed by atoms with Crippen LogP contribution in [0.3, 0.4) is 0 Å². The van der Waals surface area contributed by atoms with E-state index in [0.29, 0.717) is 5.54 Å². The number of fused-ring (bicyclic) bond motifs is 1. The van der Waals surface area contributed by atoms with Crippen molar-refractivity contribution >= 4 is 27.3 Å². The van der Waals surface area contributed by atoms with Gasteiger partial charge in [-0.3, -0.25) is 4.90 Å². The summed E-state index contributed by atoms with van der Waals surface area (Å²) in [4.78, 5) is 6.98. The molecule has 1 aliphatic carbocycles. The van der Waals surface area contributed by atoms with Crippen LogP contribution < -0.4 is 0 Å². The first-order chi connectivity index (χ1) is 6.82. The van der Waals surface area contributed by atoms with Gasteiger partial charge in [0.1, 0.15) is 5.01 Å². The lowest BCUT2D eigenvalue weighted by atomic mass is 9.75. The van der Waals surface area contributed by atoms with Gasteiger partial charge in [-0.2, -0.15) is 0 Å². The van der Waals surface area contributed by atoms with Gasteiger partial charge in [0.15, 0.2) is 0 Å². The number of hydrogen-bond acceptors (Lipinski definition) is 3. The van der Waals surface area contributed by atoms with Gasteiger partial charge in [0.05, 0.1) is 6.54 Å². The smallest absolute Gasteiger partial charge is 0.107 e. The van der Waals surface area contributed by atoms with Gasteiger partial charge in [-0.05, 0) is 18.8 Å². The maximum absolute atomic E-state index is 4.36. The Hall–Kier alpha value is 0.0700. The fourth-order valence-corrected chi connectivity index (χ4v) is 4.27. The van der Waals surface area contributed by atoms with E-state index in [0.717, 1.165) is 17.8 Å². The number of hydrogen-bond donors (Lipinski definition) is 0. The van der Waals surface area contributed by atoms with Crippen LogP contribution in [-0.4, -0.2) is 27.3 Å². The molecule has 0 unspecified atom stereocenters. The molecule has 0 N–H and O–H groups in total. The zero-order chi connectivity index (χ0) is 9.60. The number of nitrogens with zero attached hydrogens (tertiary/aromatic N) is 2. The van der Waals surface area contributed by atoms with Crippen LogP contribution in [0.1, 0.15) is 17.8 Å². The first kappa shape index (κ1) is 9.31. The normalized spacial score (nSPS) is 35.9. The van der Waals surface area contributed by atoms with Crippen LogP contribution in [-0.2, 0) is 6.54 Å². The fraction of sp³-hybridized carbons (Fsp3) is 0.700. The average molecular weight is 273 g/mol. The van der Waals surface area contributed by atoms with Crippen molar-refractivity contribution < 1.29 is 0 Å². The van der Waals surface area contributed by atoms with Crippen LogP contribution in [0, 0.1) is 5.92 Å². The number of rotatable bonds is 3. The Kier molecular flexibility index (Phi) is 2.18. The highest BCUT2D eigenvalue weighted by Gasteiger charge is 2.54. The molecule has 0 amide bonds. The van der Waals surface area contributed by atoms with Gasteiger partial charge in [-0.25, -0.2) is 4.98 Å². The molecule has 4 rings (SSSR count). The highest BCUT2D eigenvalue weighted by molar-refractivity contribution is 9.09. The predicted octanol–water partition coefficient (Wildman–Crippen LogP) is 2.50. The molecule has 2 bridgehead atoms. The quantitative estimate of drug-likeness (QED) is 0.787. The first-order valence-electron chi connectivity index (χ1n) is 5.02. The second-order valence-corrected chi connectivity index (χ2v) is 5.98. The molecule has 2 aliphatic heterocycles. The van der Waals surface area contributed by atoms with Gasteiger partial charge >= 0.3 is 0 Å². The molecule has 2 nitrogen and oxygen atoms in total. The minimum Gasteiger partial charge on any atom is -0.290 e. The van der Waals surface area contributed by atoms with Crippen LogP contribution in [0.15, 0.2) is 11.6 Å². The third kappa shape index (κ3) is 1.27. The van der Waals surface area contributed by atoms with Crippen molar-refractivity contribution in [2.24, 2.45) is 5.92 Å². The molecule has 1 saturated carbocycles. The van der Waals surface area contributed by atoms with Gasteiger partial charge in [0.2, 0.25) is 0 Å². The van der Waals surface area contributed by atoms with Crippen molar-refractivity contribution in [1.82, 2.24) is 9.88 Å². The molecular formula is C10H13BrN2S. The predicted molar refractivity (Wildman–Crippen MR) is 61.8 cm³/mol. The van der Waals surface area contributed by atoms with Crippen LogP contribution in [0.4, 0.5) is 0 Å². The lowest BCUT2D eigenvalue weighted by molar-refractivity contribution is 0.130. The van der Waals surface area contributed by atoms with E-state index < -0.39 is 0 Å². The minimum absolute atomic E-state index is 0.482. The third-order valence-electron chi connectivity index (χ3n) is 3.55. The number of thiazole rings is 1. The molecule has 0 spiro atoms. The molecule has 3 aliphatic rings. The second-order valence-electron chi connectivity index (χ2n) is 4.44. The summed E-state index contributed by atoms with van der Waals surface area (Å²) in [5.41, 5.74) is 0.482. The van der Waals surface area contributed by atoms with Crippen molar-refractivity contribution in [3.8, 4) is 0 Å². The number of halogens is 1. The number of aromatic nitrogens is 1. The Morgan fingerprint density at radius 2 is 2.50 bits per heavy atom. The highest BCUT2D eigenvalue weighted by Crippen LogP contribution is 2.51. The lowest BCUT2D eigenvalue weighted by Gasteiger charge is -2.40. The van der Waals surface area contributed by atoms with Crippen LogP contribution in [0.2, 0.25) is 0 Å². The Balaban J connectivity index is 1.74. The average Bonchev–Trinajstić information content (AvgIpc) is 2.77. The van der Waals surface area contributed by atoms with Gasteiger partial charge in [0.25, 0.3) is 0 Å². The third-order valence-corrected chi connectivity index (χ3v) is 5.35. The standard InChI is InChI=1S/C10H13BrN2S/c11-7-10-3-8(4-10)5-13(10)6-9-12-1-2-14-9/h1-2,8H,3-7H2. The maximum Gasteiger partial charge on any atom is 0.107 e. The van der Waals surface area contributed by atoms with E-state index in [2.05, 4.69) is 31.2 Å². The lowest BCUT2D eigenvalue weighted by Crippen LogP contribution is -2.46. The van der Waals surface area contributed by atoms with Crippen LogP contribution in [0.25, 0.3) is 0 Å². The largest absolute Gasteiger partial charge is 0.290 e. The zero-order valence-electron chi connectivity index (χ0n) is 7.95. The molecule has 2 saturated heterocycles. The zero-order valence-corrected chi connectivity index (χ0v) is 10.4. The van der Waals surface area contributed by atoms with Gasteiger partial charge in [-0.15, -0.1) is 11.3 Å². The van der Waals surface area contributed by atoms with Gasteiger partial charge in [0, 0.05) is 29.0 Å². The Bertz CT molecular complexity index is 319. The summed E-state index contributed by atoms with van der Waals surface area (Å²) in [5, 5.41) is 4.45. The summed E-state index contributed by atoms with van der Waals surface area (Å²) >= 11 is 5.43. The van der Waals surface area contributed by atoms with Crippen molar-refractivity contribution in [3.63, 3.8) is 0 Å². The molecule has 3 heterocycles. The van der Waals surface area contributed by atoms with Gasteiger partial charge in [-0.1, -0.05) is 15.9 Å². The van der Waals surface area contributed by atoms with Crippen molar-refractivity contribution in [2.75, 3.05) is 11.9 Å². The summed E-state index contributed by atoms with van der Waals surface area (Å²) in [5.74, 6) is 0.965. The minimum atomic E-state index is 0.482. The first-order valence-corrected chi connectivity index (χ1v) is 7.02. The van der Waals surface area contributed by atoms with Crippen molar-refractivity contribution in [2.45, 2.75) is 24.9 Å². The molecular weight excluding hydrogens is 260 g/mol. The Morgan fingerprint density at radius 1 is 1.64 bits per heavy atom. The fourth-order valence-electron chi connectivity index (χ4n) is 2.83. The molecule has 1 aromatic rings. The Morgan fingerprint density at radius 3 is 3.14 bits per heavy atom. The van der Waals surface area contributed by atoms with Crippen molar-refractivity contribution in [3.05, 3.63) is 16.6 Å². The van der Waals surface area contributed by atoms with Crippen molar-refractivity contribution in [1.29, 1.82) is 0 Å². The molecule has 76 valence electrons. The van der Waals surface area contributed by atoms with Crippen LogP contribution in [0.5, 0.6) is 0 Å². The summed E-state index contributed by atoms with van der Waals surface area (Å²) in [7, 11) is 0. The van der Waals surface area contributed by atoms with E-state index >= 15 is 0 Å². The molecule has 0 radical (unpaired) electrons. The van der Waals surface area contributed by atoms with E-state index in [1.807, 2.05) is 6.20 Å². The van der Waals surface area contributed by atoms with E-state index in [1.165, 1.54) is 24.4 Å². The molecule has 0 atom stereocenters. The topological polar surface area (TPSA) is 16.1 Å². The van der Waals surface area contributed by atoms with Crippen LogP contribution >= 0.6 is 27.3 Å². The summed E-state index contributed by atoms with van der Waals surface area (Å²) in [6.45, 7) is 2.34. The second kappa shape index (κ2) is 3.29. The molecule has 0 aromatic carbocycles. The Labute approximate surface area is 96.5 Å². The number of alkyl halides is 1. The SMILES string of the molecule is BrCC12CC(CN1Cc1nccs1)C2. The molecule has 3 fully saturated rings. The highest BCUT2D eigenvalue weighted by atomic mass is 79.9. The molecule has 4 heteroatoms. The summed E-state index contributed by atoms with van der Waals surface area (Å²) in [6.07, 6.45) is 4.69. The van der Waals surface area contributed by atoms with E-state index in [4.69, 9.17) is 0 Å². The maximum atomic E-state index is 4.36. The summed E-state index contributed by atoms with van der Waals surface area (Å²) in [6, 6.07) is 0. The van der Waals surface area contributed by atoms with Gasteiger partial charge < -0.3 is 0 Å². The van der Waals surface area contributed by atoms with E-state index in [1.54, 1.807) is 11.3 Å². The molecule has 1 aromatic heterocycles. The van der Waals surface area contributed by atoms with E-state index in [-0.39, 0.29) is 0 Å². The molecule has 14 heavy (non-hydrogen) atoms. The monoisotopic (exact) mass is 272 g/mol. The van der Waals surface area contributed by atoms with E-state index in [9.17, 15) is 0 Å².